The third kappa shape index (κ3) is 40.5. The number of phenols is 2. The first-order valence-electron chi connectivity index (χ1n) is 42.7. The number of nitrogens with one attached hydrogen (secondary N) is 15. The van der Waals surface area contributed by atoms with E-state index in [4.69, 9.17) is 5.73 Å². The van der Waals surface area contributed by atoms with Crippen LogP contribution in [0, 0.1) is 17.8 Å². The number of benzene rings is 3. The summed E-state index contributed by atoms with van der Waals surface area (Å²) in [7, 11) is 0. The van der Waals surface area contributed by atoms with Crippen LogP contribution in [-0.2, 0) is 110 Å². The molecule has 26 N–H and O–H groups in total. The van der Waals surface area contributed by atoms with Crippen LogP contribution in [0.15, 0.2) is 78.9 Å². The number of nitrogens with zero attached hydrogens (tertiary/aromatic N) is 1. The highest BCUT2D eigenvalue weighted by molar-refractivity contribution is 8.00. The molecule has 45 nitrogen and oxygen atoms in total. The average molecular weight is 1870 g/mol. The van der Waals surface area contributed by atoms with Crippen LogP contribution in [0.2, 0.25) is 0 Å². The summed E-state index contributed by atoms with van der Waals surface area (Å²) in [5, 5.41) is 128. The molecule has 1 fully saturated rings. The van der Waals surface area contributed by atoms with Gasteiger partial charge in [0.1, 0.15) is 84.0 Å². The molecule has 0 unspecified atom stereocenters. The van der Waals surface area contributed by atoms with Gasteiger partial charge in [-0.3, -0.25) is 91.1 Å². The molecule has 0 bridgehead atoms. The number of nitrogens with two attached hydrogens (primary N) is 1. The fraction of sp³-hybridized carbons (Fsp3) is 0.565. The van der Waals surface area contributed by atoms with E-state index in [0.29, 0.717) is 56.4 Å². The normalized spacial score (nSPS) is 16.0. The predicted octanol–water partition coefficient (Wildman–Crippen LogP) is -5.94. The fourth-order valence-corrected chi connectivity index (χ4v) is 14.0. The van der Waals surface area contributed by atoms with Gasteiger partial charge in [-0.1, -0.05) is 102 Å². The lowest BCUT2D eigenvalue weighted by molar-refractivity contribution is -0.142. The molecule has 1 aliphatic rings. The molecule has 0 aliphatic carbocycles. The number of carboxylic acids is 3. The van der Waals surface area contributed by atoms with Crippen LogP contribution in [0.25, 0.3) is 0 Å². The van der Waals surface area contributed by atoms with Crippen LogP contribution in [0.1, 0.15) is 136 Å². The maximum absolute atomic E-state index is 14.7. The summed E-state index contributed by atoms with van der Waals surface area (Å²) < 4.78 is 0. The molecule has 0 saturated carbocycles. The van der Waals surface area contributed by atoms with Gasteiger partial charge in [0, 0.05) is 57.8 Å². The van der Waals surface area contributed by atoms with E-state index in [-0.39, 0.29) is 72.1 Å². The van der Waals surface area contributed by atoms with Crippen LogP contribution in [0.4, 0.5) is 0 Å². The van der Waals surface area contributed by atoms with Crippen molar-refractivity contribution in [3.8, 4) is 11.5 Å². The number of phenolic OH excluding ortho intramolecular Hbond substituents is 2. The van der Waals surface area contributed by atoms with Gasteiger partial charge in [0.05, 0.1) is 56.3 Å². The molecule has 1 saturated heterocycles. The average Bonchev–Trinajstić information content (AvgIpc) is 1.67. The van der Waals surface area contributed by atoms with Crippen molar-refractivity contribution in [2.75, 3.05) is 57.4 Å². The number of likely N-dealkylation sites (tertiary alicyclic amines) is 1. The molecule has 4 rings (SSSR count). The van der Waals surface area contributed by atoms with Crippen molar-refractivity contribution in [3.63, 3.8) is 0 Å². The Morgan fingerprint density at radius 3 is 1.32 bits per heavy atom. The van der Waals surface area contributed by atoms with Gasteiger partial charge in [-0.25, -0.2) is 0 Å². The number of hydrogen-bond acceptors (Lipinski definition) is 27. The van der Waals surface area contributed by atoms with Crippen molar-refractivity contribution in [1.82, 2.24) is 84.7 Å². The molecule has 724 valence electrons. The smallest absolute Gasteiger partial charge is 0.305 e. The maximum atomic E-state index is 14.7. The Morgan fingerprint density at radius 2 is 0.855 bits per heavy atom. The monoisotopic (exact) mass is 1860 g/mol. The molecule has 0 spiro atoms. The lowest BCUT2D eigenvalue weighted by Crippen LogP contribution is -2.63. The summed E-state index contributed by atoms with van der Waals surface area (Å²) >= 11 is 0.862. The minimum Gasteiger partial charge on any atom is -0.508 e. The van der Waals surface area contributed by atoms with E-state index < -0.39 is 261 Å². The number of aliphatic carboxylic acids is 3. The van der Waals surface area contributed by atoms with E-state index in [1.54, 1.807) is 50.8 Å². The standard InChI is InChI=1S/C85H125N17O28S/c1-9-46(5)71(83(128)95-58(35-52-20-24-54(108)25-21-52)77(122)91-56(31-44(2)3)76(121)93-60(36-69(115)116)75(120)89-47(6)15-13-14-28-86)100-82(127)63(41-104)97-78(123)57(34-51-18-22-53(107)23-19-51)92-79(124)61(37-70(117)118)94-81(126)62(40-103)98-85(130)73(49(8)106)101-80(125)59(33-50-16-11-10-12-17-50)96-84(129)72(48(7)105)99-64(109)38-88-74(119)55(26-27-68(113)114)90-66(111)43-131-42-65(110)87-29-30-102-39-45(4)32-67(102)112/h10-12,16-25,44-49,55-63,71-73,103-108H,9,13-15,26-43,86H2,1-8H3,(H,87,110)(H,88,119)(H,89,120)(H,90,111)(H,91,122)(H,92,124)(H,93,121)(H,94,126)(H,95,128)(H,96,129)(H,97,123)(H,98,130)(H,99,109)(H,100,127)(H,101,125)(H,113,114)(H,115,116)(H,117,118)/t45-,46-,47+,48+,49+,55-,56-,57-,58-,59-,60-,61-,62-,63-,71-,72-,73-/m0/s1. The lowest BCUT2D eigenvalue weighted by atomic mass is 9.96. The van der Waals surface area contributed by atoms with Gasteiger partial charge in [-0.2, -0.15) is 0 Å². The number of aliphatic hydroxyl groups excluding tert-OH is 4. The molecule has 17 atom stereocenters. The largest absolute Gasteiger partial charge is 0.508 e. The first-order valence-corrected chi connectivity index (χ1v) is 43.9. The van der Waals surface area contributed by atoms with Crippen molar-refractivity contribution >= 4 is 124 Å². The Kier molecular flexibility index (Phi) is 47.9. The zero-order chi connectivity index (χ0) is 97.9. The number of rotatable bonds is 59. The van der Waals surface area contributed by atoms with Gasteiger partial charge in [0.25, 0.3) is 0 Å². The number of thioether (sulfide) groups is 1. The molecule has 3 aromatic carbocycles. The van der Waals surface area contributed by atoms with Gasteiger partial charge < -0.3 is 136 Å². The molecular weight excluding hydrogens is 1740 g/mol. The summed E-state index contributed by atoms with van der Waals surface area (Å²) in [6.07, 6.45) is -5.94. The molecule has 46 heteroatoms. The second kappa shape index (κ2) is 56.7. The number of aliphatic hydroxyl groups is 4. The number of amides is 16. The molecule has 0 radical (unpaired) electrons. The molecule has 1 aliphatic heterocycles. The van der Waals surface area contributed by atoms with E-state index in [1.165, 1.54) is 67.6 Å². The highest BCUT2D eigenvalue weighted by Crippen LogP contribution is 2.20. The molecule has 3 aromatic rings. The molecule has 1 heterocycles. The van der Waals surface area contributed by atoms with Crippen molar-refractivity contribution in [2.24, 2.45) is 23.5 Å². The van der Waals surface area contributed by atoms with Crippen molar-refractivity contribution in [3.05, 3.63) is 95.6 Å². The fourth-order valence-electron chi connectivity index (χ4n) is 13.3. The van der Waals surface area contributed by atoms with Crippen LogP contribution < -0.4 is 85.5 Å². The molecule has 16 amide bonds. The number of carbonyl (C=O) groups excluding carboxylic acids is 16. The number of carboxylic acid groups (broad SMARTS) is 3. The van der Waals surface area contributed by atoms with Crippen LogP contribution in [-0.4, -0.2) is 311 Å². The van der Waals surface area contributed by atoms with Crippen LogP contribution in [0.5, 0.6) is 11.5 Å². The summed E-state index contributed by atoms with van der Waals surface area (Å²) in [6, 6.07) is -4.23. The summed E-state index contributed by atoms with van der Waals surface area (Å²) in [4.78, 5) is 259. The highest BCUT2D eigenvalue weighted by Gasteiger charge is 2.41. The summed E-state index contributed by atoms with van der Waals surface area (Å²) in [5.74, 6) is -23.2. The second-order valence-corrected chi connectivity index (χ2v) is 33.4. The summed E-state index contributed by atoms with van der Waals surface area (Å²) in [5.41, 5.74) is 6.50. The van der Waals surface area contributed by atoms with Crippen molar-refractivity contribution in [2.45, 2.75) is 230 Å². The Bertz CT molecular complexity index is 4380. The van der Waals surface area contributed by atoms with E-state index in [2.05, 4.69) is 79.8 Å². The van der Waals surface area contributed by atoms with Gasteiger partial charge in [0.15, 0.2) is 0 Å². The van der Waals surface area contributed by atoms with E-state index in [0.717, 1.165) is 25.6 Å². The Balaban J connectivity index is 1.53. The van der Waals surface area contributed by atoms with Crippen molar-refractivity contribution < 1.29 is 137 Å². The summed E-state index contributed by atoms with van der Waals surface area (Å²) in [6.45, 7) is 10.1. The van der Waals surface area contributed by atoms with Gasteiger partial charge in [0.2, 0.25) is 94.5 Å². The van der Waals surface area contributed by atoms with Gasteiger partial charge in [-0.15, -0.1) is 11.8 Å². The number of aromatic hydroxyl groups is 2. The SMILES string of the molecule is CC[C@H](C)[C@H](NC(=O)[C@H](CO)NC(=O)[C@H](Cc1ccc(O)cc1)NC(=O)[C@H](CC(=O)O)NC(=O)[C@H](CO)NC(=O)[C@@H](NC(=O)[C@H](Cc1ccccc1)NC(=O)[C@@H](NC(=O)CNC(=O)[C@H](CCC(=O)O)NC(=O)CSCC(=O)NCCN1C[C@@H](C)CC1=O)[C@@H](C)O)[C@@H](C)O)C(=O)N[C@@H](Cc1ccc(O)cc1)C(=O)N[C@@H](CC(C)C)C(=O)N[C@@H](CC(=O)O)C(=O)N[C@H](C)CCCCN. The Hall–Kier alpha value is -12.7. The van der Waals surface area contributed by atoms with Gasteiger partial charge in [-0.05, 0) is 112 Å². The number of carbonyl (C=O) groups is 19. The zero-order valence-corrected chi connectivity index (χ0v) is 75.0. The Labute approximate surface area is 760 Å². The first kappa shape index (κ1) is 111. The molecular formula is C85H125N17O28S. The topological polar surface area (TPSA) is 716 Å². The second-order valence-electron chi connectivity index (χ2n) is 32.5. The molecule has 131 heavy (non-hydrogen) atoms. The predicted molar refractivity (Wildman–Crippen MR) is 469 cm³/mol. The zero-order valence-electron chi connectivity index (χ0n) is 74.2. The van der Waals surface area contributed by atoms with E-state index in [9.17, 15) is 137 Å². The van der Waals surface area contributed by atoms with Crippen molar-refractivity contribution in [1.29, 1.82) is 0 Å². The highest BCUT2D eigenvalue weighted by atomic mass is 32.2. The first-order chi connectivity index (χ1) is 61.8. The van der Waals surface area contributed by atoms with E-state index >= 15 is 0 Å². The third-order valence-corrected chi connectivity index (χ3v) is 21.6. The minimum absolute atomic E-state index is 0.0336. The quantitative estimate of drug-likeness (QED) is 0.0234. The maximum Gasteiger partial charge on any atom is 0.305 e. The lowest BCUT2D eigenvalue weighted by Gasteiger charge is -2.30. The van der Waals surface area contributed by atoms with Crippen LogP contribution >= 0.6 is 11.8 Å². The molecule has 0 aromatic heterocycles. The third-order valence-electron chi connectivity index (χ3n) is 20.6. The van der Waals surface area contributed by atoms with Gasteiger partial charge >= 0.3 is 17.9 Å². The number of unbranched alkanes of at least 4 members (excludes halogenated alkanes) is 1. The minimum atomic E-state index is -2.23. The Morgan fingerprint density at radius 1 is 0.443 bits per heavy atom. The van der Waals surface area contributed by atoms with Crippen LogP contribution in [0.3, 0.4) is 0 Å². The van der Waals surface area contributed by atoms with E-state index in [1.807, 2.05) is 6.92 Å². The number of hydrogen-bond donors (Lipinski definition) is 25.